The number of thioether (sulfide) groups is 1. The van der Waals surface area contributed by atoms with Crippen molar-refractivity contribution in [2.45, 2.75) is 26.3 Å². The van der Waals surface area contributed by atoms with Crippen molar-refractivity contribution in [1.82, 2.24) is 9.62 Å². The highest BCUT2D eigenvalue weighted by molar-refractivity contribution is 8.14. The Hall–Kier alpha value is -0.760. The number of hydrogen-bond acceptors (Lipinski definition) is 5. The average molecular weight is 264 g/mol. The van der Waals surface area contributed by atoms with Crippen molar-refractivity contribution in [2.24, 2.45) is 9.39 Å². The standard InChI is InChI=1S/C8H16N4O2S2/c1-8(2,3)10-6-9-7(15-5)11-16(13,14)12(6)4/h1-5H3,(H,9,10,11). The molecule has 0 saturated carbocycles. The maximum absolute atomic E-state index is 11.7. The van der Waals surface area contributed by atoms with Crippen molar-refractivity contribution in [3.05, 3.63) is 0 Å². The molecule has 1 heterocycles. The number of rotatable bonds is 0. The van der Waals surface area contributed by atoms with E-state index in [9.17, 15) is 8.42 Å². The van der Waals surface area contributed by atoms with E-state index in [-0.39, 0.29) is 10.7 Å². The highest BCUT2D eigenvalue weighted by Crippen LogP contribution is 2.14. The molecule has 8 heteroatoms. The second kappa shape index (κ2) is 4.25. The summed E-state index contributed by atoms with van der Waals surface area (Å²) in [4.78, 5) is 4.13. The van der Waals surface area contributed by atoms with E-state index in [0.717, 1.165) is 4.31 Å². The summed E-state index contributed by atoms with van der Waals surface area (Å²) in [5, 5.41) is 3.27. The van der Waals surface area contributed by atoms with Gasteiger partial charge in [-0.15, -0.1) is 4.40 Å². The van der Waals surface area contributed by atoms with Gasteiger partial charge < -0.3 is 5.32 Å². The highest BCUT2D eigenvalue weighted by atomic mass is 32.2. The predicted octanol–water partition coefficient (Wildman–Crippen LogP) is 0.640. The minimum atomic E-state index is -3.64. The summed E-state index contributed by atoms with van der Waals surface area (Å²) in [6, 6.07) is 0. The summed E-state index contributed by atoms with van der Waals surface area (Å²) in [5.41, 5.74) is -0.260. The Morgan fingerprint density at radius 1 is 1.38 bits per heavy atom. The monoisotopic (exact) mass is 264 g/mol. The summed E-state index contributed by atoms with van der Waals surface area (Å²) < 4.78 is 27.9. The molecule has 1 N–H and O–H groups in total. The molecule has 0 radical (unpaired) electrons. The molecule has 0 atom stereocenters. The first kappa shape index (κ1) is 13.3. The fraction of sp³-hybridized carbons (Fsp3) is 0.750. The lowest BCUT2D eigenvalue weighted by Crippen LogP contribution is -2.51. The first-order valence-electron chi connectivity index (χ1n) is 4.65. The molecule has 0 aromatic rings. The van der Waals surface area contributed by atoms with Crippen molar-refractivity contribution < 1.29 is 8.42 Å². The van der Waals surface area contributed by atoms with Crippen LogP contribution in [0.3, 0.4) is 0 Å². The molecule has 0 unspecified atom stereocenters. The van der Waals surface area contributed by atoms with Crippen molar-refractivity contribution in [1.29, 1.82) is 0 Å². The molecule has 1 aliphatic rings. The maximum atomic E-state index is 11.7. The third-order valence-corrected chi connectivity index (χ3v) is 3.64. The van der Waals surface area contributed by atoms with Crippen LogP contribution in [-0.4, -0.2) is 42.7 Å². The Labute approximate surface area is 100 Å². The molecule has 6 nitrogen and oxygen atoms in total. The summed E-state index contributed by atoms with van der Waals surface area (Å²) in [7, 11) is -2.21. The van der Waals surface area contributed by atoms with Gasteiger partial charge in [-0.05, 0) is 27.0 Å². The predicted molar refractivity (Wildman–Crippen MR) is 68.0 cm³/mol. The average Bonchev–Trinajstić information content (AvgIpc) is 2.10. The molecule has 1 aliphatic heterocycles. The first-order chi connectivity index (χ1) is 7.15. The molecule has 0 aliphatic carbocycles. The van der Waals surface area contributed by atoms with E-state index in [4.69, 9.17) is 0 Å². The van der Waals surface area contributed by atoms with Gasteiger partial charge in [-0.2, -0.15) is 13.4 Å². The fourth-order valence-electron chi connectivity index (χ4n) is 0.976. The van der Waals surface area contributed by atoms with Crippen LogP contribution >= 0.6 is 11.8 Å². The maximum Gasteiger partial charge on any atom is 0.349 e. The van der Waals surface area contributed by atoms with E-state index < -0.39 is 10.2 Å². The van der Waals surface area contributed by atoms with Crippen LogP contribution in [0.1, 0.15) is 20.8 Å². The van der Waals surface area contributed by atoms with Gasteiger partial charge in [0.2, 0.25) is 11.1 Å². The summed E-state index contributed by atoms with van der Waals surface area (Å²) in [6.07, 6.45) is 1.73. The van der Waals surface area contributed by atoms with Gasteiger partial charge in [-0.1, -0.05) is 11.8 Å². The second-order valence-corrected chi connectivity index (χ2v) is 6.73. The molecule has 0 aromatic carbocycles. The van der Waals surface area contributed by atoms with Crippen LogP contribution in [0.2, 0.25) is 0 Å². The van der Waals surface area contributed by atoms with Crippen molar-refractivity contribution in [3.63, 3.8) is 0 Å². The molecule has 0 aromatic heterocycles. The van der Waals surface area contributed by atoms with Crippen LogP contribution in [0.4, 0.5) is 0 Å². The van der Waals surface area contributed by atoms with Gasteiger partial charge >= 0.3 is 10.2 Å². The number of nitrogens with zero attached hydrogens (tertiary/aromatic N) is 3. The minimum absolute atomic E-state index is 0.241. The van der Waals surface area contributed by atoms with E-state index in [1.165, 1.54) is 18.8 Å². The molecule has 0 amide bonds. The van der Waals surface area contributed by atoms with Crippen LogP contribution in [0.15, 0.2) is 9.39 Å². The van der Waals surface area contributed by atoms with Crippen LogP contribution in [0, 0.1) is 0 Å². The third-order valence-electron chi connectivity index (χ3n) is 1.71. The van der Waals surface area contributed by atoms with Crippen molar-refractivity contribution >= 4 is 33.1 Å². The van der Waals surface area contributed by atoms with E-state index in [1.54, 1.807) is 6.26 Å². The number of nitrogens with one attached hydrogen (secondary N) is 1. The molecule has 16 heavy (non-hydrogen) atoms. The Morgan fingerprint density at radius 3 is 2.38 bits per heavy atom. The summed E-state index contributed by atoms with van der Waals surface area (Å²) in [6.45, 7) is 5.79. The second-order valence-electron chi connectivity index (χ2n) is 4.33. The zero-order chi connectivity index (χ0) is 12.6. The summed E-state index contributed by atoms with van der Waals surface area (Å²) in [5.74, 6) is 0.298. The number of aliphatic imine (C=N–C) groups is 1. The first-order valence-corrected chi connectivity index (χ1v) is 7.27. The molecule has 1 rings (SSSR count). The van der Waals surface area contributed by atoms with Crippen molar-refractivity contribution in [3.8, 4) is 0 Å². The lowest BCUT2D eigenvalue weighted by Gasteiger charge is -2.29. The molecule has 0 spiro atoms. The molecular weight excluding hydrogens is 248 g/mol. The van der Waals surface area contributed by atoms with Gasteiger partial charge in [0.05, 0.1) is 0 Å². The molecule has 0 saturated heterocycles. The van der Waals surface area contributed by atoms with Crippen LogP contribution in [0.25, 0.3) is 0 Å². The van der Waals surface area contributed by atoms with E-state index >= 15 is 0 Å². The molecule has 0 fully saturated rings. The number of guanidine groups is 1. The fourth-order valence-corrected chi connectivity index (χ4v) is 2.40. The quantitative estimate of drug-likeness (QED) is 0.697. The van der Waals surface area contributed by atoms with Crippen LogP contribution < -0.4 is 5.32 Å². The SMILES string of the molecule is CSC1=NS(=O)(=O)N(C)C(NC(C)(C)C)=N1. The Morgan fingerprint density at radius 2 is 1.94 bits per heavy atom. The van der Waals surface area contributed by atoms with Gasteiger partial charge in [0.25, 0.3) is 0 Å². The lowest BCUT2D eigenvalue weighted by molar-refractivity contribution is 0.480. The number of hydrogen-bond donors (Lipinski definition) is 1. The molecular formula is C8H16N4O2S2. The van der Waals surface area contributed by atoms with E-state index in [0.29, 0.717) is 5.96 Å². The Kier molecular flexibility index (Phi) is 3.53. The van der Waals surface area contributed by atoms with Gasteiger partial charge in [-0.3, -0.25) is 0 Å². The third kappa shape index (κ3) is 3.11. The molecule has 92 valence electrons. The van der Waals surface area contributed by atoms with Crippen LogP contribution in [0.5, 0.6) is 0 Å². The zero-order valence-corrected chi connectivity index (χ0v) is 11.6. The van der Waals surface area contributed by atoms with E-state index in [2.05, 4.69) is 14.7 Å². The summed E-state index contributed by atoms with van der Waals surface area (Å²) >= 11 is 1.20. The minimum Gasteiger partial charge on any atom is -0.350 e. The largest absolute Gasteiger partial charge is 0.350 e. The van der Waals surface area contributed by atoms with Gasteiger partial charge in [0.1, 0.15) is 0 Å². The smallest absolute Gasteiger partial charge is 0.349 e. The van der Waals surface area contributed by atoms with Gasteiger partial charge in [-0.25, -0.2) is 4.31 Å². The normalized spacial score (nSPS) is 20.2. The zero-order valence-electron chi connectivity index (χ0n) is 9.97. The van der Waals surface area contributed by atoms with Crippen molar-refractivity contribution in [2.75, 3.05) is 13.3 Å². The topological polar surface area (TPSA) is 74.1 Å². The number of amidine groups is 1. The van der Waals surface area contributed by atoms with Gasteiger partial charge in [0, 0.05) is 12.6 Å². The highest BCUT2D eigenvalue weighted by Gasteiger charge is 2.28. The van der Waals surface area contributed by atoms with Gasteiger partial charge in [0.15, 0.2) is 0 Å². The molecule has 0 bridgehead atoms. The lowest BCUT2D eigenvalue weighted by atomic mass is 10.1. The Balaban J connectivity index is 3.09. The van der Waals surface area contributed by atoms with E-state index in [1.807, 2.05) is 20.8 Å². The Bertz CT molecular complexity index is 433. The van der Waals surface area contributed by atoms with Crippen LogP contribution in [-0.2, 0) is 10.2 Å².